The summed E-state index contributed by atoms with van der Waals surface area (Å²) in [6.07, 6.45) is 3.23. The Balaban J connectivity index is 1.66. The van der Waals surface area contributed by atoms with Crippen molar-refractivity contribution in [2.75, 3.05) is 32.8 Å². The Bertz CT molecular complexity index is 246. The molecule has 0 spiro atoms. The molecule has 0 atom stereocenters. The van der Waals surface area contributed by atoms with Crippen molar-refractivity contribution in [1.29, 1.82) is 0 Å². The van der Waals surface area contributed by atoms with Crippen LogP contribution in [0.1, 0.15) is 25.7 Å². The van der Waals surface area contributed by atoms with Gasteiger partial charge in [-0.25, -0.2) is 0 Å². The molecular weight excluding hydrogens is 220 g/mol. The second-order valence-electron chi connectivity index (χ2n) is 4.96. The maximum absolute atomic E-state index is 11.8. The Morgan fingerprint density at radius 2 is 1.88 bits per heavy atom. The van der Waals surface area contributed by atoms with Crippen LogP contribution >= 0.6 is 0 Å². The monoisotopic (exact) mass is 242 g/mol. The van der Waals surface area contributed by atoms with E-state index in [1.807, 2.05) is 0 Å². The number of aliphatic hydroxyl groups is 1. The smallest absolute Gasteiger partial charge is 0.234 e. The van der Waals surface area contributed by atoms with Gasteiger partial charge in [-0.15, -0.1) is 0 Å². The highest BCUT2D eigenvalue weighted by Gasteiger charge is 2.21. The van der Waals surface area contributed by atoms with Crippen LogP contribution in [-0.4, -0.2) is 60.9 Å². The lowest BCUT2D eigenvalue weighted by molar-refractivity contribution is -0.124. The highest BCUT2D eigenvalue weighted by atomic mass is 16.5. The van der Waals surface area contributed by atoms with E-state index in [2.05, 4.69) is 10.2 Å². The van der Waals surface area contributed by atoms with Crippen LogP contribution in [0.25, 0.3) is 0 Å². The van der Waals surface area contributed by atoms with Gasteiger partial charge < -0.3 is 15.2 Å². The van der Waals surface area contributed by atoms with Gasteiger partial charge in [0.1, 0.15) is 0 Å². The number of piperidine rings is 1. The zero-order valence-corrected chi connectivity index (χ0v) is 10.2. The SMILES string of the molecule is O=C(CN1CCC(O)CC1)NC1CCOCC1. The molecule has 2 N–H and O–H groups in total. The first-order valence-corrected chi connectivity index (χ1v) is 6.51. The largest absolute Gasteiger partial charge is 0.393 e. The molecule has 5 nitrogen and oxygen atoms in total. The molecule has 2 saturated heterocycles. The Kier molecular flexibility index (Phi) is 4.76. The maximum atomic E-state index is 11.8. The number of carbonyl (C=O) groups excluding carboxylic acids is 1. The van der Waals surface area contributed by atoms with Gasteiger partial charge in [0.25, 0.3) is 0 Å². The lowest BCUT2D eigenvalue weighted by atomic mass is 10.1. The van der Waals surface area contributed by atoms with E-state index in [1.165, 1.54) is 0 Å². The van der Waals surface area contributed by atoms with Gasteiger partial charge in [-0.1, -0.05) is 0 Å². The Hall–Kier alpha value is -0.650. The lowest BCUT2D eigenvalue weighted by Gasteiger charge is -2.30. The summed E-state index contributed by atoms with van der Waals surface area (Å²) in [5.74, 6) is 0.105. The van der Waals surface area contributed by atoms with Gasteiger partial charge >= 0.3 is 0 Å². The first-order chi connectivity index (χ1) is 8.24. The maximum Gasteiger partial charge on any atom is 0.234 e. The van der Waals surface area contributed by atoms with E-state index in [-0.39, 0.29) is 18.1 Å². The van der Waals surface area contributed by atoms with Crippen molar-refractivity contribution in [2.45, 2.75) is 37.8 Å². The molecule has 0 aromatic heterocycles. The summed E-state index contributed by atoms with van der Waals surface area (Å²) >= 11 is 0. The van der Waals surface area contributed by atoms with Crippen LogP contribution < -0.4 is 5.32 Å². The topological polar surface area (TPSA) is 61.8 Å². The van der Waals surface area contributed by atoms with Gasteiger partial charge in [-0.3, -0.25) is 9.69 Å². The van der Waals surface area contributed by atoms with E-state index in [4.69, 9.17) is 4.74 Å². The molecule has 2 rings (SSSR count). The van der Waals surface area contributed by atoms with Gasteiger partial charge in [0.05, 0.1) is 12.6 Å². The normalized spacial score (nSPS) is 24.8. The van der Waals surface area contributed by atoms with Crippen molar-refractivity contribution in [3.63, 3.8) is 0 Å². The summed E-state index contributed by atoms with van der Waals surface area (Å²) in [6.45, 7) is 3.61. The molecule has 0 saturated carbocycles. The minimum absolute atomic E-state index is 0.105. The van der Waals surface area contributed by atoms with Gasteiger partial charge in [-0.2, -0.15) is 0 Å². The Morgan fingerprint density at radius 1 is 1.24 bits per heavy atom. The Morgan fingerprint density at radius 3 is 2.53 bits per heavy atom. The first kappa shape index (κ1) is 12.8. The average molecular weight is 242 g/mol. The zero-order chi connectivity index (χ0) is 12.1. The molecule has 0 aromatic rings. The van der Waals surface area contributed by atoms with Crippen LogP contribution in [0.15, 0.2) is 0 Å². The molecule has 2 heterocycles. The lowest BCUT2D eigenvalue weighted by Crippen LogP contribution is -2.46. The first-order valence-electron chi connectivity index (χ1n) is 6.51. The Labute approximate surface area is 102 Å². The summed E-state index contributed by atoms with van der Waals surface area (Å²) < 4.78 is 5.25. The van der Waals surface area contributed by atoms with Crippen molar-refractivity contribution in [3.05, 3.63) is 0 Å². The van der Waals surface area contributed by atoms with E-state index in [0.717, 1.165) is 52.0 Å². The van der Waals surface area contributed by atoms with Crippen LogP contribution in [-0.2, 0) is 9.53 Å². The van der Waals surface area contributed by atoms with Gasteiger partial charge in [0, 0.05) is 32.3 Å². The van der Waals surface area contributed by atoms with Crippen molar-refractivity contribution in [1.82, 2.24) is 10.2 Å². The highest BCUT2D eigenvalue weighted by molar-refractivity contribution is 5.78. The number of likely N-dealkylation sites (tertiary alicyclic amines) is 1. The number of hydrogen-bond donors (Lipinski definition) is 2. The van der Waals surface area contributed by atoms with Crippen molar-refractivity contribution >= 4 is 5.91 Å². The van der Waals surface area contributed by atoms with Crippen LogP contribution in [0.5, 0.6) is 0 Å². The van der Waals surface area contributed by atoms with Gasteiger partial charge in [-0.05, 0) is 25.7 Å². The third kappa shape index (κ3) is 4.26. The quantitative estimate of drug-likeness (QED) is 0.716. The molecule has 2 aliphatic heterocycles. The predicted octanol–water partition coefficient (Wildman–Crippen LogP) is -0.262. The number of rotatable bonds is 3. The van der Waals surface area contributed by atoms with Crippen LogP contribution in [0, 0.1) is 0 Å². The van der Waals surface area contributed by atoms with E-state index >= 15 is 0 Å². The standard InChI is InChI=1S/C12H22N2O3/c15-11-1-5-14(6-2-11)9-12(16)13-10-3-7-17-8-4-10/h10-11,15H,1-9H2,(H,13,16). The molecular formula is C12H22N2O3. The zero-order valence-electron chi connectivity index (χ0n) is 10.2. The number of nitrogens with one attached hydrogen (secondary N) is 1. The summed E-state index contributed by atoms with van der Waals surface area (Å²) in [4.78, 5) is 13.9. The third-order valence-corrected chi connectivity index (χ3v) is 3.51. The van der Waals surface area contributed by atoms with Crippen LogP contribution in [0.4, 0.5) is 0 Å². The van der Waals surface area contributed by atoms with Crippen LogP contribution in [0.2, 0.25) is 0 Å². The summed E-state index contributed by atoms with van der Waals surface area (Å²) in [7, 11) is 0. The van der Waals surface area contributed by atoms with E-state index < -0.39 is 0 Å². The number of amides is 1. The summed E-state index contributed by atoms with van der Waals surface area (Å²) in [5.41, 5.74) is 0. The molecule has 2 fully saturated rings. The number of ether oxygens (including phenoxy) is 1. The van der Waals surface area contributed by atoms with E-state index in [0.29, 0.717) is 6.54 Å². The average Bonchev–Trinajstić information content (AvgIpc) is 2.33. The molecule has 0 bridgehead atoms. The predicted molar refractivity (Wildman–Crippen MR) is 63.7 cm³/mol. The molecule has 0 radical (unpaired) electrons. The van der Waals surface area contributed by atoms with Crippen LogP contribution in [0.3, 0.4) is 0 Å². The summed E-state index contributed by atoms with van der Waals surface area (Å²) in [6, 6.07) is 0.284. The fraction of sp³-hybridized carbons (Fsp3) is 0.917. The molecule has 0 aliphatic carbocycles. The fourth-order valence-corrected chi connectivity index (χ4v) is 2.40. The van der Waals surface area contributed by atoms with Crippen molar-refractivity contribution in [2.24, 2.45) is 0 Å². The fourth-order valence-electron chi connectivity index (χ4n) is 2.40. The number of hydrogen-bond acceptors (Lipinski definition) is 4. The molecule has 17 heavy (non-hydrogen) atoms. The number of aliphatic hydroxyl groups excluding tert-OH is 1. The highest BCUT2D eigenvalue weighted by Crippen LogP contribution is 2.10. The molecule has 5 heteroatoms. The van der Waals surface area contributed by atoms with E-state index in [9.17, 15) is 9.90 Å². The second kappa shape index (κ2) is 6.33. The van der Waals surface area contributed by atoms with E-state index in [1.54, 1.807) is 0 Å². The van der Waals surface area contributed by atoms with Crippen molar-refractivity contribution in [3.8, 4) is 0 Å². The third-order valence-electron chi connectivity index (χ3n) is 3.51. The summed E-state index contributed by atoms with van der Waals surface area (Å²) in [5, 5.41) is 12.4. The van der Waals surface area contributed by atoms with Gasteiger partial charge in [0.15, 0.2) is 0 Å². The molecule has 2 aliphatic rings. The molecule has 0 aromatic carbocycles. The van der Waals surface area contributed by atoms with Gasteiger partial charge in [0.2, 0.25) is 5.91 Å². The molecule has 1 amide bonds. The minimum atomic E-state index is -0.176. The number of carbonyl (C=O) groups is 1. The minimum Gasteiger partial charge on any atom is -0.393 e. The number of nitrogens with zero attached hydrogens (tertiary/aromatic N) is 1. The molecule has 0 unspecified atom stereocenters. The second-order valence-corrected chi connectivity index (χ2v) is 4.96. The molecule has 98 valence electrons. The van der Waals surface area contributed by atoms with Crippen molar-refractivity contribution < 1.29 is 14.6 Å².